The standard InChI is InChI=1S/C20H21N3O4/c1-23-15-9-5-4-8-14(15)17(20(23)26)22-19(25)18(24)21-12-11-13-7-3-6-10-16(13)27-2/h3-10,17H,11-12H2,1-2H3,(H,21,24)(H,22,25)/t17-/m1/s1. The second kappa shape index (κ2) is 7.90. The van der Waals surface area contributed by atoms with E-state index in [0.29, 0.717) is 12.0 Å². The quantitative estimate of drug-likeness (QED) is 0.777. The third-order valence-corrected chi connectivity index (χ3v) is 4.54. The van der Waals surface area contributed by atoms with Crippen molar-refractivity contribution in [1.82, 2.24) is 10.6 Å². The van der Waals surface area contributed by atoms with Crippen molar-refractivity contribution < 1.29 is 19.1 Å². The van der Waals surface area contributed by atoms with Crippen molar-refractivity contribution in [3.8, 4) is 5.75 Å². The van der Waals surface area contributed by atoms with Crippen molar-refractivity contribution in [1.29, 1.82) is 0 Å². The molecule has 0 fully saturated rings. The van der Waals surface area contributed by atoms with Gasteiger partial charge in [0.2, 0.25) is 0 Å². The van der Waals surface area contributed by atoms with Gasteiger partial charge < -0.3 is 20.3 Å². The van der Waals surface area contributed by atoms with Crippen LogP contribution >= 0.6 is 0 Å². The number of ether oxygens (including phenoxy) is 1. The summed E-state index contributed by atoms with van der Waals surface area (Å²) in [6.45, 7) is 0.279. The van der Waals surface area contributed by atoms with Gasteiger partial charge in [0.05, 0.1) is 7.11 Å². The number of hydrogen-bond acceptors (Lipinski definition) is 4. The lowest BCUT2D eigenvalue weighted by Gasteiger charge is -2.13. The van der Waals surface area contributed by atoms with E-state index in [-0.39, 0.29) is 12.5 Å². The lowest BCUT2D eigenvalue weighted by Crippen LogP contribution is -2.44. The minimum atomic E-state index is -0.848. The summed E-state index contributed by atoms with van der Waals surface area (Å²) in [6, 6.07) is 13.8. The van der Waals surface area contributed by atoms with Gasteiger partial charge in [-0.3, -0.25) is 14.4 Å². The Hall–Kier alpha value is -3.35. The molecular weight excluding hydrogens is 346 g/mol. The number of nitrogens with one attached hydrogen (secondary N) is 2. The number of anilines is 1. The van der Waals surface area contributed by atoms with Gasteiger partial charge in [-0.05, 0) is 24.1 Å². The summed E-state index contributed by atoms with van der Waals surface area (Å²) >= 11 is 0. The number of nitrogens with zero attached hydrogens (tertiary/aromatic N) is 1. The SMILES string of the molecule is COc1ccccc1CCNC(=O)C(=O)N[C@H]1C(=O)N(C)c2ccccc21. The molecule has 1 heterocycles. The molecule has 0 spiro atoms. The molecule has 3 rings (SSSR count). The zero-order valence-corrected chi connectivity index (χ0v) is 15.2. The molecule has 2 aromatic carbocycles. The van der Waals surface area contributed by atoms with Gasteiger partial charge in [-0.15, -0.1) is 0 Å². The molecule has 0 radical (unpaired) electrons. The summed E-state index contributed by atoms with van der Waals surface area (Å²) in [6.07, 6.45) is 0.525. The first-order valence-electron chi connectivity index (χ1n) is 8.60. The van der Waals surface area contributed by atoms with Crippen molar-refractivity contribution in [2.45, 2.75) is 12.5 Å². The van der Waals surface area contributed by atoms with E-state index >= 15 is 0 Å². The number of para-hydroxylation sites is 2. The third kappa shape index (κ3) is 3.76. The van der Waals surface area contributed by atoms with Gasteiger partial charge in [-0.1, -0.05) is 36.4 Å². The fraction of sp³-hybridized carbons (Fsp3) is 0.250. The molecule has 140 valence electrons. The van der Waals surface area contributed by atoms with E-state index in [9.17, 15) is 14.4 Å². The third-order valence-electron chi connectivity index (χ3n) is 4.54. The Balaban J connectivity index is 1.57. The van der Waals surface area contributed by atoms with E-state index in [1.165, 1.54) is 4.90 Å². The minimum absolute atomic E-state index is 0.272. The van der Waals surface area contributed by atoms with E-state index in [0.717, 1.165) is 17.0 Å². The molecule has 1 atom stereocenters. The van der Waals surface area contributed by atoms with E-state index in [1.54, 1.807) is 32.4 Å². The van der Waals surface area contributed by atoms with Gasteiger partial charge in [0, 0.05) is 24.8 Å². The van der Waals surface area contributed by atoms with Crippen LogP contribution in [-0.4, -0.2) is 38.4 Å². The first-order chi connectivity index (χ1) is 13.0. The van der Waals surface area contributed by atoms with Crippen LogP contribution in [0.5, 0.6) is 5.75 Å². The second-order valence-electron chi connectivity index (χ2n) is 6.18. The first-order valence-corrected chi connectivity index (χ1v) is 8.60. The van der Waals surface area contributed by atoms with Crippen LogP contribution in [0.25, 0.3) is 0 Å². The number of carbonyl (C=O) groups is 3. The molecule has 1 aliphatic rings. The highest BCUT2D eigenvalue weighted by Gasteiger charge is 2.36. The number of methoxy groups -OCH3 is 1. The largest absolute Gasteiger partial charge is 0.496 e. The fourth-order valence-electron chi connectivity index (χ4n) is 3.12. The fourth-order valence-corrected chi connectivity index (χ4v) is 3.12. The van der Waals surface area contributed by atoms with Gasteiger partial charge >= 0.3 is 11.8 Å². The normalized spacial score (nSPS) is 15.3. The zero-order chi connectivity index (χ0) is 19.4. The van der Waals surface area contributed by atoms with Gasteiger partial charge in [-0.2, -0.15) is 0 Å². The van der Waals surface area contributed by atoms with Crippen LogP contribution in [0.15, 0.2) is 48.5 Å². The van der Waals surface area contributed by atoms with E-state index in [1.807, 2.05) is 30.3 Å². The van der Waals surface area contributed by atoms with Crippen LogP contribution in [-0.2, 0) is 20.8 Å². The lowest BCUT2D eigenvalue weighted by atomic mass is 10.1. The molecule has 2 N–H and O–H groups in total. The maximum absolute atomic E-state index is 12.4. The predicted molar refractivity (Wildman–Crippen MR) is 100 cm³/mol. The molecule has 0 aliphatic carbocycles. The van der Waals surface area contributed by atoms with Crippen molar-refractivity contribution in [3.63, 3.8) is 0 Å². The number of benzene rings is 2. The zero-order valence-electron chi connectivity index (χ0n) is 15.2. The molecular formula is C20H21N3O4. The highest BCUT2D eigenvalue weighted by Crippen LogP contribution is 2.34. The van der Waals surface area contributed by atoms with Crippen molar-refractivity contribution in [2.75, 3.05) is 25.6 Å². The maximum Gasteiger partial charge on any atom is 0.310 e. The smallest absolute Gasteiger partial charge is 0.310 e. The molecule has 7 nitrogen and oxygen atoms in total. The molecule has 7 heteroatoms. The number of carbonyl (C=O) groups excluding carboxylic acids is 3. The number of hydrogen-bond donors (Lipinski definition) is 2. The number of amides is 3. The maximum atomic E-state index is 12.4. The Morgan fingerprint density at radius 3 is 2.56 bits per heavy atom. The predicted octanol–water partition coefficient (Wildman–Crippen LogP) is 1.19. The molecule has 0 saturated carbocycles. The average Bonchev–Trinajstić information content (AvgIpc) is 2.93. The van der Waals surface area contributed by atoms with Crippen molar-refractivity contribution in [2.24, 2.45) is 0 Å². The molecule has 2 aromatic rings. The van der Waals surface area contributed by atoms with E-state index in [2.05, 4.69) is 10.6 Å². The molecule has 0 saturated heterocycles. The second-order valence-corrected chi connectivity index (χ2v) is 6.18. The van der Waals surface area contributed by atoms with Crippen LogP contribution in [0.1, 0.15) is 17.2 Å². The number of rotatable bonds is 5. The summed E-state index contributed by atoms with van der Waals surface area (Å²) in [5.41, 5.74) is 2.34. The van der Waals surface area contributed by atoms with E-state index < -0.39 is 17.9 Å². The monoisotopic (exact) mass is 367 g/mol. The molecule has 27 heavy (non-hydrogen) atoms. The minimum Gasteiger partial charge on any atom is -0.496 e. The molecule has 3 amide bonds. The van der Waals surface area contributed by atoms with Crippen molar-refractivity contribution >= 4 is 23.4 Å². The van der Waals surface area contributed by atoms with Gasteiger partial charge in [0.1, 0.15) is 11.8 Å². The van der Waals surface area contributed by atoms with Gasteiger partial charge in [0.15, 0.2) is 0 Å². The Morgan fingerprint density at radius 2 is 1.78 bits per heavy atom. The highest BCUT2D eigenvalue weighted by molar-refractivity contribution is 6.35. The Bertz CT molecular complexity index is 881. The first kappa shape index (κ1) is 18.4. The Labute approximate surface area is 157 Å². The summed E-state index contributed by atoms with van der Waals surface area (Å²) in [4.78, 5) is 38.1. The van der Waals surface area contributed by atoms with E-state index in [4.69, 9.17) is 4.74 Å². The Kier molecular flexibility index (Phi) is 5.40. The van der Waals surface area contributed by atoms with Crippen molar-refractivity contribution in [3.05, 3.63) is 59.7 Å². The topological polar surface area (TPSA) is 87.7 Å². The number of fused-ring (bicyclic) bond motifs is 1. The molecule has 0 unspecified atom stereocenters. The average molecular weight is 367 g/mol. The van der Waals surface area contributed by atoms with Gasteiger partial charge in [-0.25, -0.2) is 0 Å². The van der Waals surface area contributed by atoms with Crippen LogP contribution in [0.3, 0.4) is 0 Å². The molecule has 0 bridgehead atoms. The van der Waals surface area contributed by atoms with Crippen LogP contribution < -0.4 is 20.3 Å². The lowest BCUT2D eigenvalue weighted by molar-refractivity contribution is -0.140. The Morgan fingerprint density at radius 1 is 1.07 bits per heavy atom. The number of likely N-dealkylation sites (N-methyl/N-ethyl adjacent to an activating group) is 1. The molecule has 0 aromatic heterocycles. The van der Waals surface area contributed by atoms with Crippen LogP contribution in [0, 0.1) is 0 Å². The van der Waals surface area contributed by atoms with Crippen LogP contribution in [0.4, 0.5) is 5.69 Å². The summed E-state index contributed by atoms with van der Waals surface area (Å²) in [7, 11) is 3.22. The highest BCUT2D eigenvalue weighted by atomic mass is 16.5. The summed E-state index contributed by atoms with van der Waals surface area (Å²) in [5, 5.41) is 5.09. The van der Waals surface area contributed by atoms with Crippen LogP contribution in [0.2, 0.25) is 0 Å². The summed E-state index contributed by atoms with van der Waals surface area (Å²) < 4.78 is 5.26. The van der Waals surface area contributed by atoms with Gasteiger partial charge in [0.25, 0.3) is 5.91 Å². The summed E-state index contributed by atoms with van der Waals surface area (Å²) in [5.74, 6) is -1.15. The molecule has 1 aliphatic heterocycles.